The van der Waals surface area contributed by atoms with Crippen molar-refractivity contribution in [3.8, 4) is 0 Å². The van der Waals surface area contributed by atoms with Crippen molar-refractivity contribution in [3.05, 3.63) is 51.0 Å². The molecule has 3 nitrogen and oxygen atoms in total. The van der Waals surface area contributed by atoms with Gasteiger partial charge in [-0.05, 0) is 29.5 Å². The minimum absolute atomic E-state index is 0.0941. The number of benzene rings is 1. The van der Waals surface area contributed by atoms with Gasteiger partial charge in [-0.1, -0.05) is 35.8 Å². The predicted octanol–water partition coefficient (Wildman–Crippen LogP) is 3.96. The molecule has 0 saturated heterocycles. The van der Waals surface area contributed by atoms with Crippen LogP contribution in [-0.4, -0.2) is 9.97 Å². The SMILES string of the molecule is CC(C)c1nc2cc[nH]c(=O)c2c2cc(Br)ccc12. The van der Waals surface area contributed by atoms with Crippen molar-refractivity contribution >= 4 is 37.6 Å². The first-order valence-corrected chi connectivity index (χ1v) is 6.98. The van der Waals surface area contributed by atoms with E-state index in [1.165, 1.54) is 0 Å². The van der Waals surface area contributed by atoms with E-state index in [9.17, 15) is 4.79 Å². The third-order valence-electron chi connectivity index (χ3n) is 3.25. The monoisotopic (exact) mass is 316 g/mol. The number of pyridine rings is 2. The van der Waals surface area contributed by atoms with Crippen LogP contribution in [0, 0.1) is 0 Å². The van der Waals surface area contributed by atoms with E-state index in [2.05, 4.69) is 39.7 Å². The van der Waals surface area contributed by atoms with Crippen LogP contribution >= 0.6 is 15.9 Å². The molecule has 0 atom stereocenters. The molecule has 0 unspecified atom stereocenters. The number of nitrogens with one attached hydrogen (secondary N) is 1. The summed E-state index contributed by atoms with van der Waals surface area (Å²) in [5, 5.41) is 2.65. The van der Waals surface area contributed by atoms with Gasteiger partial charge in [0.05, 0.1) is 16.6 Å². The van der Waals surface area contributed by atoms with Gasteiger partial charge in [0, 0.05) is 16.1 Å². The highest BCUT2D eigenvalue weighted by Crippen LogP contribution is 2.30. The Hall–Kier alpha value is -1.68. The molecular formula is C15H13BrN2O. The molecule has 1 N–H and O–H groups in total. The molecule has 3 rings (SSSR count). The number of aromatic amines is 1. The summed E-state index contributed by atoms with van der Waals surface area (Å²) in [4.78, 5) is 19.5. The highest BCUT2D eigenvalue weighted by atomic mass is 79.9. The second-order valence-electron chi connectivity index (χ2n) is 4.91. The van der Waals surface area contributed by atoms with E-state index >= 15 is 0 Å². The lowest BCUT2D eigenvalue weighted by Gasteiger charge is -2.11. The average molecular weight is 317 g/mol. The number of H-pyrrole nitrogens is 1. The first-order valence-electron chi connectivity index (χ1n) is 6.18. The molecule has 0 saturated carbocycles. The Labute approximate surface area is 118 Å². The van der Waals surface area contributed by atoms with Crippen molar-refractivity contribution in [2.45, 2.75) is 19.8 Å². The van der Waals surface area contributed by atoms with Crippen LogP contribution in [0.4, 0.5) is 0 Å². The minimum atomic E-state index is -0.0941. The van der Waals surface area contributed by atoms with Crippen molar-refractivity contribution in [2.24, 2.45) is 0 Å². The fourth-order valence-corrected chi connectivity index (χ4v) is 2.76. The van der Waals surface area contributed by atoms with E-state index in [0.717, 1.165) is 26.5 Å². The van der Waals surface area contributed by atoms with Crippen LogP contribution in [-0.2, 0) is 0 Å². The zero-order chi connectivity index (χ0) is 13.6. The number of nitrogens with zero attached hydrogens (tertiary/aromatic N) is 1. The van der Waals surface area contributed by atoms with E-state index in [1.807, 2.05) is 24.3 Å². The van der Waals surface area contributed by atoms with Crippen LogP contribution in [0.3, 0.4) is 0 Å². The Morgan fingerprint density at radius 2 is 2.00 bits per heavy atom. The molecule has 0 aliphatic rings. The summed E-state index contributed by atoms with van der Waals surface area (Å²) in [5.41, 5.74) is 1.68. The molecule has 1 aromatic carbocycles. The standard InChI is InChI=1S/C15H13BrN2O/c1-8(2)14-10-4-3-9(16)7-11(10)13-12(18-14)5-6-17-15(13)19/h3-8H,1-2H3,(H,17,19). The summed E-state index contributed by atoms with van der Waals surface area (Å²) in [7, 11) is 0. The summed E-state index contributed by atoms with van der Waals surface area (Å²) in [5.74, 6) is 0.312. The smallest absolute Gasteiger partial charge is 0.258 e. The summed E-state index contributed by atoms with van der Waals surface area (Å²) in [6.45, 7) is 4.23. The van der Waals surface area contributed by atoms with Crippen LogP contribution in [0.15, 0.2) is 39.7 Å². The number of fused-ring (bicyclic) bond motifs is 3. The second kappa shape index (κ2) is 4.46. The van der Waals surface area contributed by atoms with Crippen LogP contribution < -0.4 is 5.56 Å². The molecule has 0 aliphatic carbocycles. The summed E-state index contributed by atoms with van der Waals surface area (Å²) in [6.07, 6.45) is 1.64. The number of rotatable bonds is 1. The van der Waals surface area contributed by atoms with Crippen LogP contribution in [0.1, 0.15) is 25.5 Å². The fraction of sp³-hybridized carbons (Fsp3) is 0.200. The number of halogens is 1. The molecule has 0 fully saturated rings. The first kappa shape index (κ1) is 12.4. The van der Waals surface area contributed by atoms with Crippen LogP contribution in [0.2, 0.25) is 0 Å². The van der Waals surface area contributed by atoms with Crippen molar-refractivity contribution in [1.29, 1.82) is 0 Å². The third kappa shape index (κ3) is 1.96. The van der Waals surface area contributed by atoms with Gasteiger partial charge in [0.2, 0.25) is 0 Å². The molecule has 19 heavy (non-hydrogen) atoms. The molecule has 2 heterocycles. The van der Waals surface area contributed by atoms with Gasteiger partial charge >= 0.3 is 0 Å². The average Bonchev–Trinajstić information content (AvgIpc) is 2.37. The quantitative estimate of drug-likeness (QED) is 0.691. The second-order valence-corrected chi connectivity index (χ2v) is 5.82. The molecule has 96 valence electrons. The molecule has 3 aromatic rings. The summed E-state index contributed by atoms with van der Waals surface area (Å²) in [6, 6.07) is 7.84. The number of hydrogen-bond acceptors (Lipinski definition) is 2. The molecule has 2 aromatic heterocycles. The zero-order valence-electron chi connectivity index (χ0n) is 10.7. The van der Waals surface area contributed by atoms with Crippen LogP contribution in [0.5, 0.6) is 0 Å². The first-order chi connectivity index (χ1) is 9.08. The maximum absolute atomic E-state index is 12.1. The Morgan fingerprint density at radius 3 is 2.74 bits per heavy atom. The zero-order valence-corrected chi connectivity index (χ0v) is 12.3. The highest BCUT2D eigenvalue weighted by molar-refractivity contribution is 9.10. The maximum Gasteiger partial charge on any atom is 0.258 e. The van der Waals surface area contributed by atoms with Crippen molar-refractivity contribution in [1.82, 2.24) is 9.97 Å². The van der Waals surface area contributed by atoms with Gasteiger partial charge in [-0.15, -0.1) is 0 Å². The topological polar surface area (TPSA) is 45.8 Å². The Balaban J connectivity index is 2.63. The largest absolute Gasteiger partial charge is 0.328 e. The number of hydrogen-bond donors (Lipinski definition) is 1. The van der Waals surface area contributed by atoms with Crippen molar-refractivity contribution < 1.29 is 0 Å². The van der Waals surface area contributed by atoms with E-state index in [1.54, 1.807) is 6.20 Å². The van der Waals surface area contributed by atoms with E-state index in [0.29, 0.717) is 11.3 Å². The lowest BCUT2D eigenvalue weighted by atomic mass is 9.99. The molecule has 0 aliphatic heterocycles. The third-order valence-corrected chi connectivity index (χ3v) is 3.75. The van der Waals surface area contributed by atoms with Gasteiger partial charge in [-0.2, -0.15) is 0 Å². The molecular weight excluding hydrogens is 304 g/mol. The minimum Gasteiger partial charge on any atom is -0.328 e. The lowest BCUT2D eigenvalue weighted by molar-refractivity contribution is 0.840. The number of aromatic nitrogens is 2. The summed E-state index contributed by atoms with van der Waals surface area (Å²) < 4.78 is 0.963. The lowest BCUT2D eigenvalue weighted by Crippen LogP contribution is -2.08. The van der Waals surface area contributed by atoms with E-state index in [4.69, 9.17) is 0 Å². The van der Waals surface area contributed by atoms with Crippen molar-refractivity contribution in [3.63, 3.8) is 0 Å². The summed E-state index contributed by atoms with van der Waals surface area (Å²) >= 11 is 3.47. The van der Waals surface area contributed by atoms with Gasteiger partial charge < -0.3 is 4.98 Å². The van der Waals surface area contributed by atoms with Gasteiger partial charge in [-0.3, -0.25) is 9.78 Å². The van der Waals surface area contributed by atoms with Gasteiger partial charge in [-0.25, -0.2) is 0 Å². The van der Waals surface area contributed by atoms with E-state index in [-0.39, 0.29) is 5.56 Å². The van der Waals surface area contributed by atoms with Gasteiger partial charge in [0.25, 0.3) is 5.56 Å². The van der Waals surface area contributed by atoms with Crippen LogP contribution in [0.25, 0.3) is 21.7 Å². The van der Waals surface area contributed by atoms with Crippen molar-refractivity contribution in [2.75, 3.05) is 0 Å². The molecule has 0 spiro atoms. The molecule has 0 amide bonds. The highest BCUT2D eigenvalue weighted by Gasteiger charge is 2.13. The van der Waals surface area contributed by atoms with Gasteiger partial charge in [0.1, 0.15) is 0 Å². The Kier molecular flexibility index (Phi) is 2.90. The predicted molar refractivity (Wildman–Crippen MR) is 81.7 cm³/mol. The van der Waals surface area contributed by atoms with Gasteiger partial charge in [0.15, 0.2) is 0 Å². The van der Waals surface area contributed by atoms with E-state index < -0.39 is 0 Å². The Morgan fingerprint density at radius 1 is 1.21 bits per heavy atom. The normalized spacial score (nSPS) is 11.6. The Bertz CT molecular complexity index is 837. The fourth-order valence-electron chi connectivity index (χ4n) is 2.40. The molecule has 0 radical (unpaired) electrons. The molecule has 4 heteroatoms. The molecule has 0 bridgehead atoms. The maximum atomic E-state index is 12.1.